The van der Waals surface area contributed by atoms with Crippen molar-refractivity contribution in [3.05, 3.63) is 12.0 Å². The van der Waals surface area contributed by atoms with E-state index < -0.39 is 0 Å². The Bertz CT molecular complexity index is 229. The Morgan fingerprint density at radius 3 is 3.00 bits per heavy atom. The fraction of sp³-hybridized carbons (Fsp3) is 0.700. The van der Waals surface area contributed by atoms with Crippen molar-refractivity contribution in [1.82, 2.24) is 10.6 Å². The predicted molar refractivity (Wildman–Crippen MR) is 56.2 cm³/mol. The fourth-order valence-corrected chi connectivity index (χ4v) is 1.17. The molecule has 0 aromatic carbocycles. The van der Waals surface area contributed by atoms with Crippen molar-refractivity contribution in [1.29, 1.82) is 0 Å². The van der Waals surface area contributed by atoms with Crippen LogP contribution in [0.25, 0.3) is 0 Å². The molecule has 0 aromatic rings. The average molecular weight is 214 g/mol. The molecule has 15 heavy (non-hydrogen) atoms. The first kappa shape index (κ1) is 11.8. The molecule has 1 aliphatic rings. The number of hydrogen-bond acceptors (Lipinski definition) is 4. The van der Waals surface area contributed by atoms with Gasteiger partial charge in [-0.25, -0.2) is 0 Å². The van der Waals surface area contributed by atoms with Crippen LogP contribution in [0.1, 0.15) is 13.3 Å². The first-order valence-corrected chi connectivity index (χ1v) is 5.28. The van der Waals surface area contributed by atoms with Crippen molar-refractivity contribution in [3.8, 4) is 0 Å². The summed E-state index contributed by atoms with van der Waals surface area (Å²) in [4.78, 5) is 11.4. The molecule has 0 unspecified atom stereocenters. The summed E-state index contributed by atoms with van der Waals surface area (Å²) in [6.45, 7) is 5.51. The highest BCUT2D eigenvalue weighted by molar-refractivity contribution is 5.91. The van der Waals surface area contributed by atoms with E-state index in [4.69, 9.17) is 9.47 Å². The average Bonchev–Trinajstić information content (AvgIpc) is 2.30. The van der Waals surface area contributed by atoms with Crippen molar-refractivity contribution in [2.75, 3.05) is 32.8 Å². The molecule has 0 aromatic heterocycles. The van der Waals surface area contributed by atoms with E-state index in [0.29, 0.717) is 19.8 Å². The zero-order valence-electron chi connectivity index (χ0n) is 9.04. The Labute approximate surface area is 89.8 Å². The van der Waals surface area contributed by atoms with Gasteiger partial charge in [-0.3, -0.25) is 4.79 Å². The summed E-state index contributed by atoms with van der Waals surface area (Å²) in [6.07, 6.45) is 2.27. The van der Waals surface area contributed by atoms with Gasteiger partial charge in [-0.1, -0.05) is 6.92 Å². The molecule has 0 bridgehead atoms. The molecule has 2 N–H and O–H groups in total. The van der Waals surface area contributed by atoms with Crippen molar-refractivity contribution in [2.45, 2.75) is 13.3 Å². The van der Waals surface area contributed by atoms with E-state index in [0.717, 1.165) is 19.5 Å². The second kappa shape index (κ2) is 7.11. The van der Waals surface area contributed by atoms with Gasteiger partial charge in [0.05, 0.1) is 0 Å². The quantitative estimate of drug-likeness (QED) is 0.611. The number of hydrogen-bond donors (Lipinski definition) is 2. The maximum atomic E-state index is 11.4. The van der Waals surface area contributed by atoms with Gasteiger partial charge in [0, 0.05) is 6.54 Å². The molecule has 0 aliphatic carbocycles. The lowest BCUT2D eigenvalue weighted by atomic mass is 10.4. The number of carbonyl (C=O) groups excluding carboxylic acids is 1. The van der Waals surface area contributed by atoms with Crippen LogP contribution < -0.4 is 10.6 Å². The zero-order chi connectivity index (χ0) is 10.9. The van der Waals surface area contributed by atoms with Crippen LogP contribution >= 0.6 is 0 Å². The molecule has 1 heterocycles. The van der Waals surface area contributed by atoms with Gasteiger partial charge in [-0.15, -0.1) is 0 Å². The fourth-order valence-electron chi connectivity index (χ4n) is 1.17. The standard InChI is InChI=1S/C10H18N2O3/c1-2-11-4-3-5-12-10(13)9-8-14-6-7-15-9/h8,11H,2-7H2,1H3,(H,12,13). The van der Waals surface area contributed by atoms with Crippen LogP contribution in [0.4, 0.5) is 0 Å². The van der Waals surface area contributed by atoms with Gasteiger partial charge in [0.2, 0.25) is 5.76 Å². The normalized spacial score (nSPS) is 14.9. The summed E-state index contributed by atoms with van der Waals surface area (Å²) in [5, 5.41) is 5.94. The molecular weight excluding hydrogens is 196 g/mol. The Morgan fingerprint density at radius 1 is 1.47 bits per heavy atom. The summed E-state index contributed by atoms with van der Waals surface area (Å²) >= 11 is 0. The summed E-state index contributed by atoms with van der Waals surface area (Å²) in [6, 6.07) is 0. The molecule has 0 spiro atoms. The predicted octanol–water partition coefficient (Wildman–Crippen LogP) is -0.00960. The minimum absolute atomic E-state index is 0.203. The topological polar surface area (TPSA) is 59.6 Å². The van der Waals surface area contributed by atoms with Crippen LogP contribution in [0, 0.1) is 0 Å². The zero-order valence-corrected chi connectivity index (χ0v) is 9.04. The molecule has 0 atom stereocenters. The van der Waals surface area contributed by atoms with E-state index in [1.54, 1.807) is 0 Å². The lowest BCUT2D eigenvalue weighted by Gasteiger charge is -2.14. The molecule has 0 fully saturated rings. The second-order valence-electron chi connectivity index (χ2n) is 3.16. The van der Waals surface area contributed by atoms with Gasteiger partial charge in [-0.2, -0.15) is 0 Å². The van der Waals surface area contributed by atoms with Crippen molar-refractivity contribution in [2.24, 2.45) is 0 Å². The van der Waals surface area contributed by atoms with Crippen molar-refractivity contribution < 1.29 is 14.3 Å². The van der Waals surface area contributed by atoms with Crippen LogP contribution in [-0.2, 0) is 14.3 Å². The number of carbonyl (C=O) groups is 1. The van der Waals surface area contributed by atoms with E-state index >= 15 is 0 Å². The first-order valence-electron chi connectivity index (χ1n) is 5.28. The minimum Gasteiger partial charge on any atom is -0.494 e. The number of ether oxygens (including phenoxy) is 2. The molecule has 1 aliphatic heterocycles. The Balaban J connectivity index is 2.10. The maximum absolute atomic E-state index is 11.4. The molecule has 1 rings (SSSR count). The van der Waals surface area contributed by atoms with E-state index in [9.17, 15) is 4.79 Å². The Morgan fingerprint density at radius 2 is 2.33 bits per heavy atom. The Hall–Kier alpha value is -1.23. The lowest BCUT2D eigenvalue weighted by molar-refractivity contribution is -0.122. The largest absolute Gasteiger partial charge is 0.494 e. The van der Waals surface area contributed by atoms with Crippen LogP contribution in [-0.4, -0.2) is 38.8 Å². The van der Waals surface area contributed by atoms with E-state index in [1.807, 2.05) is 0 Å². The highest BCUT2D eigenvalue weighted by Gasteiger charge is 2.13. The first-order chi connectivity index (χ1) is 7.34. The molecule has 0 saturated carbocycles. The summed E-state index contributed by atoms with van der Waals surface area (Å²) < 4.78 is 10.1. The van der Waals surface area contributed by atoms with Gasteiger partial charge in [0.25, 0.3) is 5.91 Å². The third kappa shape index (κ3) is 4.69. The smallest absolute Gasteiger partial charge is 0.289 e. The van der Waals surface area contributed by atoms with Crippen molar-refractivity contribution >= 4 is 5.91 Å². The van der Waals surface area contributed by atoms with E-state index in [2.05, 4.69) is 17.6 Å². The molecule has 0 radical (unpaired) electrons. The molecule has 5 nitrogen and oxygen atoms in total. The molecular formula is C10H18N2O3. The summed E-state index contributed by atoms with van der Waals surface area (Å²) in [5.41, 5.74) is 0. The number of nitrogens with one attached hydrogen (secondary N) is 2. The SMILES string of the molecule is CCNCCCNC(=O)C1=COCCO1. The summed E-state index contributed by atoms with van der Waals surface area (Å²) in [5.74, 6) is 0.0656. The van der Waals surface area contributed by atoms with E-state index in [-0.39, 0.29) is 11.7 Å². The van der Waals surface area contributed by atoms with Crippen LogP contribution in [0.5, 0.6) is 0 Å². The van der Waals surface area contributed by atoms with Crippen LogP contribution in [0.15, 0.2) is 12.0 Å². The molecule has 1 amide bonds. The lowest BCUT2D eigenvalue weighted by Crippen LogP contribution is -2.30. The monoisotopic (exact) mass is 214 g/mol. The third-order valence-corrected chi connectivity index (χ3v) is 1.94. The molecule has 5 heteroatoms. The van der Waals surface area contributed by atoms with Gasteiger partial charge in [-0.05, 0) is 19.5 Å². The highest BCUT2D eigenvalue weighted by Crippen LogP contribution is 2.03. The number of rotatable bonds is 6. The number of amides is 1. The molecule has 86 valence electrons. The summed E-state index contributed by atoms with van der Waals surface area (Å²) in [7, 11) is 0. The molecule has 0 saturated heterocycles. The third-order valence-electron chi connectivity index (χ3n) is 1.94. The van der Waals surface area contributed by atoms with Gasteiger partial charge in [0.15, 0.2) is 0 Å². The van der Waals surface area contributed by atoms with Gasteiger partial charge < -0.3 is 20.1 Å². The highest BCUT2D eigenvalue weighted by atomic mass is 16.6. The second-order valence-corrected chi connectivity index (χ2v) is 3.16. The van der Waals surface area contributed by atoms with E-state index in [1.165, 1.54) is 6.26 Å². The van der Waals surface area contributed by atoms with Gasteiger partial charge >= 0.3 is 0 Å². The van der Waals surface area contributed by atoms with Crippen molar-refractivity contribution in [3.63, 3.8) is 0 Å². The van der Waals surface area contributed by atoms with Crippen LogP contribution in [0.2, 0.25) is 0 Å². The van der Waals surface area contributed by atoms with Crippen LogP contribution in [0.3, 0.4) is 0 Å². The maximum Gasteiger partial charge on any atom is 0.289 e. The minimum atomic E-state index is -0.203. The Kier molecular flexibility index (Phi) is 5.62. The van der Waals surface area contributed by atoms with Gasteiger partial charge in [0.1, 0.15) is 19.5 Å².